The van der Waals surface area contributed by atoms with E-state index in [4.69, 9.17) is 4.74 Å². The zero-order valence-electron chi connectivity index (χ0n) is 12.5. The second-order valence-corrected chi connectivity index (χ2v) is 6.02. The molecule has 1 atom stereocenters. The SMILES string of the molecule is COc1ccc(Br)c(CC(O)c2cccc(N(C)C)c2)c1. The van der Waals surface area contributed by atoms with Gasteiger partial charge in [-0.2, -0.15) is 0 Å². The summed E-state index contributed by atoms with van der Waals surface area (Å²) in [5.74, 6) is 0.794. The van der Waals surface area contributed by atoms with E-state index in [0.717, 1.165) is 27.0 Å². The van der Waals surface area contributed by atoms with Gasteiger partial charge >= 0.3 is 0 Å². The molecule has 0 fully saturated rings. The molecule has 0 aliphatic rings. The third-order valence-corrected chi connectivity index (χ3v) is 4.21. The summed E-state index contributed by atoms with van der Waals surface area (Å²) in [5.41, 5.74) is 3.02. The van der Waals surface area contributed by atoms with Crippen LogP contribution in [0.3, 0.4) is 0 Å². The van der Waals surface area contributed by atoms with Crippen molar-refractivity contribution in [1.82, 2.24) is 0 Å². The number of methoxy groups -OCH3 is 1. The van der Waals surface area contributed by atoms with E-state index >= 15 is 0 Å². The molecular formula is C17H20BrNO2. The van der Waals surface area contributed by atoms with Crippen LogP contribution in [0.15, 0.2) is 46.9 Å². The summed E-state index contributed by atoms with van der Waals surface area (Å²) in [6, 6.07) is 13.7. The lowest BCUT2D eigenvalue weighted by atomic mass is 10.0. The lowest BCUT2D eigenvalue weighted by molar-refractivity contribution is 0.178. The van der Waals surface area contributed by atoms with Gasteiger partial charge in [0.05, 0.1) is 13.2 Å². The molecular weight excluding hydrogens is 330 g/mol. The van der Waals surface area contributed by atoms with Crippen LogP contribution in [0, 0.1) is 0 Å². The number of aliphatic hydroxyl groups excluding tert-OH is 1. The fraction of sp³-hybridized carbons (Fsp3) is 0.294. The zero-order chi connectivity index (χ0) is 15.4. The molecule has 3 nitrogen and oxygen atoms in total. The predicted octanol–water partition coefficient (Wildman–Crippen LogP) is 3.80. The molecule has 0 heterocycles. The monoisotopic (exact) mass is 349 g/mol. The van der Waals surface area contributed by atoms with Crippen molar-refractivity contribution in [2.24, 2.45) is 0 Å². The van der Waals surface area contributed by atoms with Crippen molar-refractivity contribution in [1.29, 1.82) is 0 Å². The van der Waals surface area contributed by atoms with Gasteiger partial charge in [0.15, 0.2) is 0 Å². The van der Waals surface area contributed by atoms with Gasteiger partial charge in [0.2, 0.25) is 0 Å². The van der Waals surface area contributed by atoms with Gasteiger partial charge in [-0.25, -0.2) is 0 Å². The maximum Gasteiger partial charge on any atom is 0.119 e. The quantitative estimate of drug-likeness (QED) is 0.890. The van der Waals surface area contributed by atoms with Gasteiger partial charge < -0.3 is 14.7 Å². The number of benzene rings is 2. The predicted molar refractivity (Wildman–Crippen MR) is 90.1 cm³/mol. The van der Waals surface area contributed by atoms with Crippen LogP contribution in [-0.4, -0.2) is 26.3 Å². The van der Waals surface area contributed by atoms with Crippen molar-refractivity contribution in [3.8, 4) is 5.75 Å². The molecule has 0 aliphatic carbocycles. The number of nitrogens with zero attached hydrogens (tertiary/aromatic N) is 1. The number of aliphatic hydroxyl groups is 1. The summed E-state index contributed by atoms with van der Waals surface area (Å²) in [4.78, 5) is 2.03. The highest BCUT2D eigenvalue weighted by atomic mass is 79.9. The van der Waals surface area contributed by atoms with E-state index in [0.29, 0.717) is 6.42 Å². The van der Waals surface area contributed by atoms with Crippen molar-refractivity contribution < 1.29 is 9.84 Å². The molecule has 2 rings (SSSR count). The van der Waals surface area contributed by atoms with Gasteiger partial charge in [-0.15, -0.1) is 0 Å². The summed E-state index contributed by atoms with van der Waals surface area (Å²) in [7, 11) is 5.62. The van der Waals surface area contributed by atoms with E-state index in [1.807, 2.05) is 61.5 Å². The van der Waals surface area contributed by atoms with Crippen LogP contribution in [0.25, 0.3) is 0 Å². The summed E-state index contributed by atoms with van der Waals surface area (Å²) in [6.07, 6.45) is -0.0115. The van der Waals surface area contributed by atoms with Gasteiger partial charge in [-0.3, -0.25) is 0 Å². The molecule has 2 aromatic carbocycles. The van der Waals surface area contributed by atoms with E-state index in [9.17, 15) is 5.11 Å². The first-order chi connectivity index (χ1) is 10.0. The van der Waals surface area contributed by atoms with Crippen LogP contribution >= 0.6 is 15.9 Å². The van der Waals surface area contributed by atoms with Crippen molar-refractivity contribution in [2.45, 2.75) is 12.5 Å². The molecule has 0 amide bonds. The van der Waals surface area contributed by atoms with Gasteiger partial charge in [-0.05, 0) is 41.5 Å². The molecule has 0 aromatic heterocycles. The lowest BCUT2D eigenvalue weighted by Gasteiger charge is -2.17. The number of anilines is 1. The highest BCUT2D eigenvalue weighted by Crippen LogP contribution is 2.28. The Kier molecular flexibility index (Phi) is 5.26. The molecule has 0 saturated heterocycles. The minimum atomic E-state index is -0.548. The van der Waals surface area contributed by atoms with Crippen molar-refractivity contribution >= 4 is 21.6 Å². The highest BCUT2D eigenvalue weighted by Gasteiger charge is 2.12. The van der Waals surface area contributed by atoms with Gasteiger partial charge in [0.25, 0.3) is 0 Å². The van der Waals surface area contributed by atoms with Crippen LogP contribution < -0.4 is 9.64 Å². The van der Waals surface area contributed by atoms with Gasteiger partial charge in [0.1, 0.15) is 5.75 Å². The summed E-state index contributed by atoms with van der Waals surface area (Å²) in [6.45, 7) is 0. The Morgan fingerprint density at radius 3 is 2.62 bits per heavy atom. The molecule has 112 valence electrons. The van der Waals surface area contributed by atoms with Crippen LogP contribution in [0.2, 0.25) is 0 Å². The summed E-state index contributed by atoms with van der Waals surface area (Å²) in [5, 5.41) is 10.5. The van der Waals surface area contributed by atoms with Crippen molar-refractivity contribution in [3.63, 3.8) is 0 Å². The highest BCUT2D eigenvalue weighted by molar-refractivity contribution is 9.10. The molecule has 0 saturated carbocycles. The van der Waals surface area contributed by atoms with Gasteiger partial charge in [0, 0.05) is 30.7 Å². The first kappa shape index (κ1) is 15.9. The minimum Gasteiger partial charge on any atom is -0.497 e. The van der Waals surface area contributed by atoms with Crippen molar-refractivity contribution in [3.05, 3.63) is 58.1 Å². The van der Waals surface area contributed by atoms with Crippen LogP contribution in [0.1, 0.15) is 17.2 Å². The second kappa shape index (κ2) is 6.96. The van der Waals surface area contributed by atoms with Crippen LogP contribution in [0.4, 0.5) is 5.69 Å². The largest absolute Gasteiger partial charge is 0.497 e. The first-order valence-corrected chi connectivity index (χ1v) is 7.58. The zero-order valence-corrected chi connectivity index (χ0v) is 14.1. The average molecular weight is 350 g/mol. The van der Waals surface area contributed by atoms with E-state index in [-0.39, 0.29) is 0 Å². The Hall–Kier alpha value is -1.52. The number of halogens is 1. The standard InChI is InChI=1S/C17H20BrNO2/c1-19(2)14-6-4-5-12(9-14)17(20)11-13-10-15(21-3)7-8-16(13)18/h4-10,17,20H,11H2,1-3H3. The van der Waals surface area contributed by atoms with Crippen LogP contribution in [0.5, 0.6) is 5.75 Å². The number of hydrogen-bond donors (Lipinski definition) is 1. The fourth-order valence-electron chi connectivity index (χ4n) is 2.17. The molecule has 0 aliphatic heterocycles. The molecule has 0 bridgehead atoms. The molecule has 4 heteroatoms. The number of ether oxygens (including phenoxy) is 1. The maximum absolute atomic E-state index is 10.5. The van der Waals surface area contributed by atoms with E-state index in [1.165, 1.54) is 0 Å². The Labute approximate surface area is 134 Å². The third kappa shape index (κ3) is 3.99. The molecule has 1 N–H and O–H groups in total. The summed E-state index contributed by atoms with van der Waals surface area (Å²) >= 11 is 3.52. The normalized spacial score (nSPS) is 12.0. The van der Waals surface area contributed by atoms with E-state index in [1.54, 1.807) is 7.11 Å². The van der Waals surface area contributed by atoms with Crippen LogP contribution in [-0.2, 0) is 6.42 Å². The maximum atomic E-state index is 10.5. The third-order valence-electron chi connectivity index (χ3n) is 3.44. The van der Waals surface area contributed by atoms with E-state index < -0.39 is 6.10 Å². The molecule has 0 spiro atoms. The summed E-state index contributed by atoms with van der Waals surface area (Å²) < 4.78 is 6.22. The smallest absolute Gasteiger partial charge is 0.119 e. The number of rotatable bonds is 5. The topological polar surface area (TPSA) is 32.7 Å². The molecule has 2 aromatic rings. The van der Waals surface area contributed by atoms with Crippen molar-refractivity contribution in [2.75, 3.05) is 26.1 Å². The Balaban J connectivity index is 2.21. The second-order valence-electron chi connectivity index (χ2n) is 5.17. The average Bonchev–Trinajstić information content (AvgIpc) is 2.49. The Bertz CT molecular complexity index is 613. The lowest BCUT2D eigenvalue weighted by Crippen LogP contribution is -2.10. The van der Waals surface area contributed by atoms with E-state index in [2.05, 4.69) is 15.9 Å². The van der Waals surface area contributed by atoms with Gasteiger partial charge in [-0.1, -0.05) is 28.1 Å². The molecule has 1 unspecified atom stereocenters. The Morgan fingerprint density at radius 2 is 1.95 bits per heavy atom. The Morgan fingerprint density at radius 1 is 1.19 bits per heavy atom. The fourth-order valence-corrected chi connectivity index (χ4v) is 2.58. The minimum absolute atomic E-state index is 0.536. The molecule has 21 heavy (non-hydrogen) atoms. The number of hydrogen-bond acceptors (Lipinski definition) is 3. The molecule has 0 radical (unpaired) electrons. The first-order valence-electron chi connectivity index (χ1n) is 6.79.